The zero-order valence-electron chi connectivity index (χ0n) is 18.8. The number of halogens is 2. The Balaban J connectivity index is 1.49. The monoisotopic (exact) mass is 483 g/mol. The smallest absolute Gasteiger partial charge is 0.341 e. The van der Waals surface area contributed by atoms with E-state index in [1.54, 1.807) is 11.8 Å². The lowest BCUT2D eigenvalue weighted by atomic mass is 10.0. The number of pyridine rings is 2. The average Bonchev–Trinajstić information content (AvgIpc) is 3.46. The van der Waals surface area contributed by atoms with Crippen LogP contribution in [0.15, 0.2) is 52.5 Å². The molecule has 0 bridgehead atoms. The van der Waals surface area contributed by atoms with Crippen LogP contribution in [-0.2, 0) is 11.4 Å². The molecule has 3 heterocycles. The van der Waals surface area contributed by atoms with E-state index in [1.165, 1.54) is 4.57 Å². The van der Waals surface area contributed by atoms with Crippen LogP contribution in [0, 0.1) is 5.82 Å². The molecule has 2 aromatic heterocycles. The zero-order chi connectivity index (χ0) is 24.9. The van der Waals surface area contributed by atoms with Crippen LogP contribution in [0.25, 0.3) is 11.0 Å². The number of carbonyl (C=O) groups is 1. The van der Waals surface area contributed by atoms with Gasteiger partial charge in [-0.15, -0.1) is 0 Å². The van der Waals surface area contributed by atoms with Crippen molar-refractivity contribution in [2.24, 2.45) is 10.9 Å². The SMILES string of the molecule is CC1(N)CN(c2nc3c(cc2F)c(=O)c(C(=O)O)cn3[C@@H]2C[C@@H]2F)C/C1=N\OCc1ccccc1. The molecule has 1 saturated carbocycles. The number of carboxylic acid groups (broad SMARTS) is 1. The molecule has 35 heavy (non-hydrogen) atoms. The van der Waals surface area contributed by atoms with Crippen LogP contribution in [0.2, 0.25) is 0 Å². The molecule has 2 fully saturated rings. The lowest BCUT2D eigenvalue weighted by molar-refractivity contribution is 0.0694. The molecular weight excluding hydrogens is 460 g/mol. The van der Waals surface area contributed by atoms with Gasteiger partial charge in [-0.05, 0) is 18.6 Å². The molecule has 1 aliphatic heterocycles. The molecule has 1 unspecified atom stereocenters. The number of nitrogens with zero attached hydrogens (tertiary/aromatic N) is 4. The van der Waals surface area contributed by atoms with Gasteiger partial charge in [-0.1, -0.05) is 35.5 Å². The summed E-state index contributed by atoms with van der Waals surface area (Å²) >= 11 is 0. The number of aromatic nitrogens is 2. The van der Waals surface area contributed by atoms with E-state index in [0.717, 1.165) is 17.8 Å². The van der Waals surface area contributed by atoms with Crippen molar-refractivity contribution >= 4 is 28.5 Å². The summed E-state index contributed by atoms with van der Waals surface area (Å²) in [6.45, 7) is 2.28. The van der Waals surface area contributed by atoms with Gasteiger partial charge in [0.1, 0.15) is 24.0 Å². The fraction of sp³-hybridized carbons (Fsp3) is 0.333. The normalized spacial score (nSPS) is 24.8. The number of hydrogen-bond donors (Lipinski definition) is 2. The number of fused-ring (bicyclic) bond motifs is 1. The fourth-order valence-electron chi connectivity index (χ4n) is 4.25. The van der Waals surface area contributed by atoms with Crippen molar-refractivity contribution in [2.45, 2.75) is 37.7 Å². The van der Waals surface area contributed by atoms with Crippen molar-refractivity contribution in [1.29, 1.82) is 0 Å². The lowest BCUT2D eigenvalue weighted by Gasteiger charge is -2.21. The first-order valence-electron chi connectivity index (χ1n) is 11.1. The summed E-state index contributed by atoms with van der Waals surface area (Å²) in [5, 5.41) is 13.3. The topological polar surface area (TPSA) is 123 Å². The number of aromatic carboxylic acids is 1. The van der Waals surface area contributed by atoms with Crippen molar-refractivity contribution in [1.82, 2.24) is 9.55 Å². The highest BCUT2D eigenvalue weighted by Gasteiger charge is 2.42. The minimum absolute atomic E-state index is 0.0194. The second-order valence-electron chi connectivity index (χ2n) is 9.14. The summed E-state index contributed by atoms with van der Waals surface area (Å²) in [5.74, 6) is -2.38. The number of alkyl halides is 1. The van der Waals surface area contributed by atoms with Crippen molar-refractivity contribution in [3.63, 3.8) is 0 Å². The predicted octanol–water partition coefficient (Wildman–Crippen LogP) is 2.63. The maximum Gasteiger partial charge on any atom is 0.341 e. The fourth-order valence-corrected chi connectivity index (χ4v) is 4.25. The molecule has 9 nitrogen and oxygen atoms in total. The quantitative estimate of drug-likeness (QED) is 0.517. The van der Waals surface area contributed by atoms with E-state index in [4.69, 9.17) is 10.6 Å². The second-order valence-corrected chi connectivity index (χ2v) is 9.14. The third-order valence-corrected chi connectivity index (χ3v) is 6.28. The molecule has 1 saturated heterocycles. The van der Waals surface area contributed by atoms with Gasteiger partial charge in [-0.25, -0.2) is 18.6 Å². The third kappa shape index (κ3) is 4.23. The number of nitrogens with two attached hydrogens (primary N) is 1. The second kappa shape index (κ2) is 8.42. The molecule has 1 aliphatic carbocycles. The zero-order valence-corrected chi connectivity index (χ0v) is 18.8. The van der Waals surface area contributed by atoms with Crippen molar-refractivity contribution in [3.8, 4) is 0 Å². The summed E-state index contributed by atoms with van der Waals surface area (Å²) < 4.78 is 30.4. The molecule has 1 aromatic carbocycles. The van der Waals surface area contributed by atoms with Gasteiger partial charge in [-0.3, -0.25) is 4.79 Å². The standard InChI is InChI=1S/C24H23F2N5O4/c1-24(27)12-30(10-19(24)29-35-11-13-5-3-2-4-6-13)22-17(26)7-14-20(32)15(23(33)34)9-31(21(14)28-22)18-8-16(18)25/h2-7,9,16,18H,8,10-12,27H2,1H3,(H,33,34)/b29-19+/t16-,18+,24?/m0/s1. The van der Waals surface area contributed by atoms with Crippen molar-refractivity contribution in [3.05, 3.63) is 69.8 Å². The van der Waals surface area contributed by atoms with Crippen LogP contribution >= 0.6 is 0 Å². The maximum absolute atomic E-state index is 15.2. The number of carboxylic acids is 1. The van der Waals surface area contributed by atoms with Crippen LogP contribution in [0.5, 0.6) is 0 Å². The molecule has 0 spiro atoms. The van der Waals surface area contributed by atoms with Gasteiger partial charge in [0.2, 0.25) is 5.43 Å². The van der Waals surface area contributed by atoms with Gasteiger partial charge in [-0.2, -0.15) is 0 Å². The van der Waals surface area contributed by atoms with E-state index in [0.29, 0.717) is 5.71 Å². The summed E-state index contributed by atoms with van der Waals surface area (Å²) in [4.78, 5) is 35.6. The van der Waals surface area contributed by atoms with Crippen LogP contribution < -0.4 is 16.1 Å². The largest absolute Gasteiger partial charge is 0.477 e. The molecule has 182 valence electrons. The molecule has 3 atom stereocenters. The van der Waals surface area contributed by atoms with E-state index in [-0.39, 0.29) is 43.0 Å². The summed E-state index contributed by atoms with van der Waals surface area (Å²) in [6.07, 6.45) is 0.0380. The van der Waals surface area contributed by atoms with Crippen LogP contribution in [0.4, 0.5) is 14.6 Å². The Bertz CT molecular complexity index is 1410. The Morgan fingerprint density at radius 1 is 1.37 bits per heavy atom. The van der Waals surface area contributed by atoms with Gasteiger partial charge >= 0.3 is 5.97 Å². The summed E-state index contributed by atoms with van der Waals surface area (Å²) in [5.41, 5.74) is 5.46. The van der Waals surface area contributed by atoms with E-state index >= 15 is 4.39 Å². The van der Waals surface area contributed by atoms with Gasteiger partial charge < -0.3 is 25.1 Å². The van der Waals surface area contributed by atoms with Crippen LogP contribution in [0.1, 0.15) is 35.3 Å². The Morgan fingerprint density at radius 2 is 2.09 bits per heavy atom. The number of oxime groups is 1. The summed E-state index contributed by atoms with van der Waals surface area (Å²) in [7, 11) is 0. The average molecular weight is 483 g/mol. The van der Waals surface area contributed by atoms with Gasteiger partial charge in [0.15, 0.2) is 11.6 Å². The van der Waals surface area contributed by atoms with E-state index in [1.807, 2.05) is 30.3 Å². The molecular formula is C24H23F2N5O4. The number of hydrogen-bond acceptors (Lipinski definition) is 7. The Labute approximate surface area is 198 Å². The van der Waals surface area contributed by atoms with Crippen molar-refractivity contribution in [2.75, 3.05) is 18.0 Å². The van der Waals surface area contributed by atoms with Gasteiger partial charge in [0.25, 0.3) is 0 Å². The third-order valence-electron chi connectivity index (χ3n) is 6.28. The molecule has 0 amide bonds. The minimum Gasteiger partial charge on any atom is -0.477 e. The lowest BCUT2D eigenvalue weighted by Crippen LogP contribution is -2.45. The molecule has 3 aromatic rings. The first kappa shape index (κ1) is 22.9. The number of benzene rings is 1. The van der Waals surface area contributed by atoms with Gasteiger partial charge in [0.05, 0.1) is 29.2 Å². The number of anilines is 1. The highest BCUT2D eigenvalue weighted by Crippen LogP contribution is 2.40. The predicted molar refractivity (Wildman–Crippen MR) is 125 cm³/mol. The Morgan fingerprint density at radius 3 is 2.74 bits per heavy atom. The first-order chi connectivity index (χ1) is 16.7. The molecule has 11 heteroatoms. The van der Waals surface area contributed by atoms with Crippen LogP contribution in [0.3, 0.4) is 0 Å². The first-order valence-corrected chi connectivity index (χ1v) is 11.1. The highest BCUT2D eigenvalue weighted by molar-refractivity contribution is 6.00. The van der Waals surface area contributed by atoms with Crippen molar-refractivity contribution < 1.29 is 23.5 Å². The van der Waals surface area contributed by atoms with E-state index in [9.17, 15) is 19.1 Å². The maximum atomic E-state index is 15.2. The van der Waals surface area contributed by atoms with E-state index < -0.39 is 40.5 Å². The molecule has 0 radical (unpaired) electrons. The Kier molecular flexibility index (Phi) is 5.51. The Hall–Kier alpha value is -3.86. The van der Waals surface area contributed by atoms with Gasteiger partial charge in [0, 0.05) is 19.2 Å². The molecule has 3 N–H and O–H groups in total. The molecule has 2 aliphatic rings. The highest BCUT2D eigenvalue weighted by atomic mass is 19.1. The van der Waals surface area contributed by atoms with E-state index in [2.05, 4.69) is 10.1 Å². The number of rotatable bonds is 6. The summed E-state index contributed by atoms with van der Waals surface area (Å²) in [6, 6.07) is 9.75. The minimum atomic E-state index is -1.47. The van der Waals surface area contributed by atoms with Crippen LogP contribution in [-0.4, -0.2) is 51.1 Å². The molecule has 5 rings (SSSR count).